The summed E-state index contributed by atoms with van der Waals surface area (Å²) < 4.78 is 10.8. The molecule has 2 aromatic rings. The Labute approximate surface area is 125 Å². The van der Waals surface area contributed by atoms with E-state index in [0.717, 1.165) is 17.7 Å². The highest BCUT2D eigenvalue weighted by Crippen LogP contribution is 2.48. The number of nitrogens with zero attached hydrogens (tertiary/aromatic N) is 1. The lowest BCUT2D eigenvalue weighted by molar-refractivity contribution is 0.304. The number of methoxy groups -OCH3 is 1. The second-order valence-corrected chi connectivity index (χ2v) is 5.30. The van der Waals surface area contributed by atoms with Crippen LogP contribution < -0.4 is 4.74 Å². The van der Waals surface area contributed by atoms with E-state index in [9.17, 15) is 0 Å². The molecule has 1 saturated carbocycles. The van der Waals surface area contributed by atoms with E-state index in [-0.39, 0.29) is 0 Å². The molecule has 1 aromatic heterocycles. The Kier molecular flexibility index (Phi) is 4.20. The zero-order valence-corrected chi connectivity index (χ0v) is 12.1. The molecule has 1 heterocycles. The Balaban J connectivity index is 1.60. The summed E-state index contributed by atoms with van der Waals surface area (Å²) in [4.78, 5) is 4.29. The lowest BCUT2D eigenvalue weighted by Gasteiger charge is -2.07. The molecule has 1 aromatic carbocycles. The summed E-state index contributed by atoms with van der Waals surface area (Å²) in [5.74, 6) is 1.94. The standard InChI is InChI=1S/C18H19NO2/c1-20-8-7-15-10-18(15)16-9-17(12-19-11-16)21-13-14-5-3-2-4-6-14/h2-9,11-12,15,18H,10,13H2,1H3/b8-7+/t15-,18+/m1/s1. The number of aromatic nitrogens is 1. The molecular weight excluding hydrogens is 262 g/mol. The summed E-state index contributed by atoms with van der Waals surface area (Å²) in [5, 5.41) is 0. The molecule has 0 bridgehead atoms. The van der Waals surface area contributed by atoms with Crippen LogP contribution in [0.5, 0.6) is 5.75 Å². The fourth-order valence-electron chi connectivity index (χ4n) is 2.45. The van der Waals surface area contributed by atoms with Gasteiger partial charge in [0.1, 0.15) is 12.4 Å². The highest BCUT2D eigenvalue weighted by Gasteiger charge is 2.36. The van der Waals surface area contributed by atoms with Crippen molar-refractivity contribution >= 4 is 0 Å². The van der Waals surface area contributed by atoms with Crippen molar-refractivity contribution in [1.82, 2.24) is 4.98 Å². The Morgan fingerprint density at radius 1 is 1.24 bits per heavy atom. The van der Waals surface area contributed by atoms with Crippen molar-refractivity contribution in [1.29, 1.82) is 0 Å². The van der Waals surface area contributed by atoms with Crippen LogP contribution in [-0.4, -0.2) is 12.1 Å². The molecule has 0 unspecified atom stereocenters. The Morgan fingerprint density at radius 3 is 2.90 bits per heavy atom. The number of allylic oxidation sites excluding steroid dienone is 1. The van der Waals surface area contributed by atoms with E-state index in [0.29, 0.717) is 18.4 Å². The number of hydrogen-bond donors (Lipinski definition) is 0. The zero-order chi connectivity index (χ0) is 14.5. The van der Waals surface area contributed by atoms with Gasteiger partial charge in [0.15, 0.2) is 0 Å². The van der Waals surface area contributed by atoms with Gasteiger partial charge in [0.25, 0.3) is 0 Å². The van der Waals surface area contributed by atoms with Crippen LogP contribution in [0.3, 0.4) is 0 Å². The molecule has 108 valence electrons. The van der Waals surface area contributed by atoms with Crippen LogP contribution in [0.1, 0.15) is 23.5 Å². The maximum atomic E-state index is 5.82. The average molecular weight is 281 g/mol. The Morgan fingerprint density at radius 2 is 2.10 bits per heavy atom. The summed E-state index contributed by atoms with van der Waals surface area (Å²) in [6.45, 7) is 0.573. The molecule has 0 N–H and O–H groups in total. The zero-order valence-electron chi connectivity index (χ0n) is 12.1. The largest absolute Gasteiger partial charge is 0.505 e. The van der Waals surface area contributed by atoms with Crippen LogP contribution in [0.4, 0.5) is 0 Å². The van der Waals surface area contributed by atoms with Gasteiger partial charge in [-0.3, -0.25) is 4.98 Å². The summed E-state index contributed by atoms with van der Waals surface area (Å²) >= 11 is 0. The van der Waals surface area contributed by atoms with E-state index in [1.807, 2.05) is 24.4 Å². The van der Waals surface area contributed by atoms with Gasteiger partial charge in [-0.25, -0.2) is 0 Å². The van der Waals surface area contributed by atoms with Crippen LogP contribution in [0, 0.1) is 5.92 Å². The van der Waals surface area contributed by atoms with Crippen molar-refractivity contribution in [3.05, 3.63) is 72.3 Å². The molecule has 0 spiro atoms. The monoisotopic (exact) mass is 281 g/mol. The second kappa shape index (κ2) is 6.44. The molecule has 0 amide bonds. The maximum absolute atomic E-state index is 5.82. The average Bonchev–Trinajstić information content (AvgIpc) is 3.32. The summed E-state index contributed by atoms with van der Waals surface area (Å²) in [6.07, 6.45) is 8.73. The van der Waals surface area contributed by atoms with Gasteiger partial charge in [-0.15, -0.1) is 0 Å². The first-order valence-corrected chi connectivity index (χ1v) is 7.18. The van der Waals surface area contributed by atoms with E-state index in [2.05, 4.69) is 29.3 Å². The molecule has 1 aliphatic carbocycles. The lowest BCUT2D eigenvalue weighted by atomic mass is 10.1. The van der Waals surface area contributed by atoms with E-state index >= 15 is 0 Å². The number of rotatable bonds is 6. The third-order valence-electron chi connectivity index (χ3n) is 3.71. The number of pyridine rings is 1. The predicted octanol–water partition coefficient (Wildman–Crippen LogP) is 3.92. The topological polar surface area (TPSA) is 31.4 Å². The fourth-order valence-corrected chi connectivity index (χ4v) is 2.45. The van der Waals surface area contributed by atoms with Gasteiger partial charge >= 0.3 is 0 Å². The highest BCUT2D eigenvalue weighted by atomic mass is 16.5. The SMILES string of the molecule is CO/C=C/[C@@H]1C[C@@H]1c1cncc(OCc2ccccc2)c1. The summed E-state index contributed by atoms with van der Waals surface area (Å²) in [7, 11) is 1.67. The number of ether oxygens (including phenoxy) is 2. The van der Waals surface area contributed by atoms with Crippen LogP contribution in [0.2, 0.25) is 0 Å². The third kappa shape index (κ3) is 3.63. The van der Waals surface area contributed by atoms with Crippen molar-refractivity contribution in [2.45, 2.75) is 18.9 Å². The molecule has 0 aliphatic heterocycles. The van der Waals surface area contributed by atoms with Crippen molar-refractivity contribution < 1.29 is 9.47 Å². The molecule has 0 radical (unpaired) electrons. The van der Waals surface area contributed by atoms with Crippen LogP contribution in [-0.2, 0) is 11.3 Å². The van der Waals surface area contributed by atoms with Gasteiger partial charge in [-0.1, -0.05) is 30.3 Å². The molecule has 1 fully saturated rings. The minimum atomic E-state index is 0.546. The molecule has 2 atom stereocenters. The first kappa shape index (κ1) is 13.7. The second-order valence-electron chi connectivity index (χ2n) is 5.30. The van der Waals surface area contributed by atoms with Gasteiger partial charge in [-0.05, 0) is 41.5 Å². The van der Waals surface area contributed by atoms with Crippen LogP contribution >= 0.6 is 0 Å². The fraction of sp³-hybridized carbons (Fsp3) is 0.278. The van der Waals surface area contributed by atoms with Gasteiger partial charge < -0.3 is 9.47 Å². The van der Waals surface area contributed by atoms with E-state index in [1.54, 1.807) is 19.6 Å². The lowest BCUT2D eigenvalue weighted by Crippen LogP contribution is -1.96. The maximum Gasteiger partial charge on any atom is 0.138 e. The number of hydrogen-bond acceptors (Lipinski definition) is 3. The van der Waals surface area contributed by atoms with Crippen LogP contribution in [0.25, 0.3) is 0 Å². The number of benzene rings is 1. The van der Waals surface area contributed by atoms with E-state index < -0.39 is 0 Å². The van der Waals surface area contributed by atoms with Crippen molar-refractivity contribution in [2.24, 2.45) is 5.92 Å². The summed E-state index contributed by atoms with van der Waals surface area (Å²) in [5.41, 5.74) is 2.40. The molecule has 3 rings (SSSR count). The van der Waals surface area contributed by atoms with Crippen molar-refractivity contribution in [3.63, 3.8) is 0 Å². The molecule has 0 saturated heterocycles. The molecular formula is C18H19NO2. The quantitative estimate of drug-likeness (QED) is 0.752. The highest BCUT2D eigenvalue weighted by molar-refractivity contribution is 5.32. The first-order valence-electron chi connectivity index (χ1n) is 7.18. The van der Waals surface area contributed by atoms with Gasteiger partial charge in [0.05, 0.1) is 19.6 Å². The van der Waals surface area contributed by atoms with Gasteiger partial charge in [0.2, 0.25) is 0 Å². The molecule has 3 nitrogen and oxygen atoms in total. The molecule has 1 aliphatic rings. The van der Waals surface area contributed by atoms with Crippen LogP contribution in [0.15, 0.2) is 61.1 Å². The smallest absolute Gasteiger partial charge is 0.138 e. The minimum Gasteiger partial charge on any atom is -0.505 e. The van der Waals surface area contributed by atoms with E-state index in [1.165, 1.54) is 5.56 Å². The molecule has 3 heteroatoms. The van der Waals surface area contributed by atoms with Crippen molar-refractivity contribution in [2.75, 3.05) is 7.11 Å². The Bertz CT molecular complexity index is 610. The normalized spacial score (nSPS) is 20.4. The molecule has 21 heavy (non-hydrogen) atoms. The summed E-state index contributed by atoms with van der Waals surface area (Å²) in [6, 6.07) is 12.3. The van der Waals surface area contributed by atoms with Gasteiger partial charge in [0, 0.05) is 6.20 Å². The Hall–Kier alpha value is -2.29. The first-order chi connectivity index (χ1) is 10.4. The third-order valence-corrected chi connectivity index (χ3v) is 3.71. The van der Waals surface area contributed by atoms with E-state index in [4.69, 9.17) is 9.47 Å². The predicted molar refractivity (Wildman–Crippen MR) is 82.0 cm³/mol. The van der Waals surface area contributed by atoms with Crippen molar-refractivity contribution in [3.8, 4) is 5.75 Å². The van der Waals surface area contributed by atoms with Gasteiger partial charge in [-0.2, -0.15) is 0 Å². The minimum absolute atomic E-state index is 0.546.